The number of benzene rings is 2. The van der Waals surface area contributed by atoms with Gasteiger partial charge in [0.1, 0.15) is 0 Å². The molecule has 0 aromatic heterocycles. The molecule has 0 aliphatic heterocycles. The molecule has 0 N–H and O–H groups in total. The largest absolute Gasteiger partial charge is 0.493 e. The van der Waals surface area contributed by atoms with Crippen molar-refractivity contribution in [2.75, 3.05) is 21.3 Å². The Hall–Kier alpha value is -2.14. The van der Waals surface area contributed by atoms with E-state index in [2.05, 4.69) is 6.92 Å². The summed E-state index contributed by atoms with van der Waals surface area (Å²) in [5, 5.41) is 0. The Balaban J connectivity index is 1.65. The molecular weight excluding hydrogens is 536 g/mol. The molecule has 10 heteroatoms. The van der Waals surface area contributed by atoms with Crippen LogP contribution >= 0.6 is 0 Å². The monoisotopic (exact) mass is 578 g/mol. The maximum atomic E-state index is 14.1. The van der Waals surface area contributed by atoms with Crippen LogP contribution in [0.2, 0.25) is 0 Å². The zero-order valence-electron chi connectivity index (χ0n) is 23.5. The lowest BCUT2D eigenvalue weighted by atomic mass is 9.86. The van der Waals surface area contributed by atoms with Gasteiger partial charge in [-0.1, -0.05) is 45.1 Å². The lowest BCUT2D eigenvalue weighted by Crippen LogP contribution is -2.44. The van der Waals surface area contributed by atoms with Crippen molar-refractivity contribution in [1.29, 1.82) is 0 Å². The fourth-order valence-electron chi connectivity index (χ4n) is 5.99. The van der Waals surface area contributed by atoms with Crippen molar-refractivity contribution in [3.8, 4) is 11.5 Å². The second-order valence-corrected chi connectivity index (χ2v) is 14.7. The van der Waals surface area contributed by atoms with Crippen molar-refractivity contribution in [2.45, 2.75) is 93.1 Å². The third kappa shape index (κ3) is 6.45. The number of hydrogen-bond donors (Lipinski definition) is 0. The minimum Gasteiger partial charge on any atom is -0.493 e. The molecule has 0 bridgehead atoms. The fourth-order valence-corrected chi connectivity index (χ4v) is 9.15. The summed E-state index contributed by atoms with van der Waals surface area (Å²) in [6, 6.07) is 11.0. The molecule has 4 rings (SSSR count). The fraction of sp³-hybridized carbons (Fsp3) is 0.586. The third-order valence-corrected chi connectivity index (χ3v) is 12.2. The first-order chi connectivity index (χ1) is 18.6. The van der Waals surface area contributed by atoms with E-state index < -0.39 is 20.0 Å². The summed E-state index contributed by atoms with van der Waals surface area (Å²) >= 11 is 0. The number of ether oxygens (including phenoxy) is 2. The predicted octanol–water partition coefficient (Wildman–Crippen LogP) is 5.43. The molecule has 2 aromatic rings. The van der Waals surface area contributed by atoms with Crippen LogP contribution in [0.4, 0.5) is 0 Å². The Kier molecular flexibility index (Phi) is 9.62. The van der Waals surface area contributed by atoms with E-state index in [1.807, 2.05) is 12.1 Å². The van der Waals surface area contributed by atoms with Gasteiger partial charge in [0.05, 0.1) is 24.0 Å². The summed E-state index contributed by atoms with van der Waals surface area (Å²) in [7, 11) is -2.88. The standard InChI is InChI=1S/C29H42N2O6S2/c1-22-10-8-9-13-27(22)31(21-23-14-19-28(36-3)29(20-23)37-4)39(34,35)26-17-15-25(16-18-26)38(32,33)30(2)24-11-6-5-7-12-24/h14-20,22,24,27H,5-13,21H2,1-4H3/t22-,27+/m0/s1. The molecule has 0 saturated heterocycles. The van der Waals surface area contributed by atoms with Crippen LogP contribution in [-0.2, 0) is 26.6 Å². The molecule has 2 aliphatic rings. The highest BCUT2D eigenvalue weighted by atomic mass is 32.2. The van der Waals surface area contributed by atoms with Gasteiger partial charge >= 0.3 is 0 Å². The molecular formula is C29H42N2O6S2. The zero-order chi connectivity index (χ0) is 28.2. The molecule has 2 aliphatic carbocycles. The Morgan fingerprint density at radius 1 is 0.744 bits per heavy atom. The molecule has 0 radical (unpaired) electrons. The molecule has 216 valence electrons. The summed E-state index contributed by atoms with van der Waals surface area (Å²) in [5.74, 6) is 1.33. The van der Waals surface area contributed by atoms with Gasteiger partial charge in [-0.05, 0) is 73.6 Å². The van der Waals surface area contributed by atoms with Gasteiger partial charge in [0.2, 0.25) is 20.0 Å². The average molecular weight is 579 g/mol. The summed E-state index contributed by atoms with van der Waals surface area (Å²) in [5.41, 5.74) is 0.794. The molecule has 2 fully saturated rings. The molecule has 0 spiro atoms. The molecule has 8 nitrogen and oxygen atoms in total. The van der Waals surface area contributed by atoms with Crippen LogP contribution in [-0.4, -0.2) is 58.8 Å². The van der Waals surface area contributed by atoms with Crippen molar-refractivity contribution >= 4 is 20.0 Å². The van der Waals surface area contributed by atoms with E-state index in [-0.39, 0.29) is 34.3 Å². The van der Waals surface area contributed by atoms with Crippen LogP contribution in [0, 0.1) is 5.92 Å². The van der Waals surface area contributed by atoms with E-state index in [1.54, 1.807) is 31.6 Å². The minimum atomic E-state index is -3.92. The van der Waals surface area contributed by atoms with E-state index in [0.717, 1.165) is 63.4 Å². The van der Waals surface area contributed by atoms with Gasteiger partial charge < -0.3 is 9.47 Å². The average Bonchev–Trinajstić information content (AvgIpc) is 2.96. The topological polar surface area (TPSA) is 93.2 Å². The SMILES string of the molecule is COc1ccc(CN([C@@H]2CCCC[C@@H]2C)S(=O)(=O)c2ccc(S(=O)(=O)N(C)C3CCCCC3)cc2)cc1OC. The van der Waals surface area contributed by atoms with Crippen molar-refractivity contribution in [2.24, 2.45) is 5.92 Å². The number of sulfonamides is 2. The summed E-state index contributed by atoms with van der Waals surface area (Å²) in [4.78, 5) is 0.215. The van der Waals surface area contributed by atoms with Crippen LogP contribution in [0.15, 0.2) is 52.3 Å². The van der Waals surface area contributed by atoms with Crippen LogP contribution in [0.5, 0.6) is 11.5 Å². The summed E-state index contributed by atoms with van der Waals surface area (Å²) < 4.78 is 68.7. The van der Waals surface area contributed by atoms with Crippen molar-refractivity contribution in [3.63, 3.8) is 0 Å². The van der Waals surface area contributed by atoms with Crippen molar-refractivity contribution < 1.29 is 26.3 Å². The van der Waals surface area contributed by atoms with Crippen LogP contribution < -0.4 is 9.47 Å². The maximum absolute atomic E-state index is 14.1. The smallest absolute Gasteiger partial charge is 0.243 e. The van der Waals surface area contributed by atoms with Gasteiger partial charge in [0.15, 0.2) is 11.5 Å². The third-order valence-electron chi connectivity index (χ3n) is 8.42. The first-order valence-corrected chi connectivity index (χ1v) is 16.8. The lowest BCUT2D eigenvalue weighted by molar-refractivity contribution is 0.185. The predicted molar refractivity (Wildman–Crippen MR) is 152 cm³/mol. The van der Waals surface area contributed by atoms with Crippen LogP contribution in [0.25, 0.3) is 0 Å². The Morgan fingerprint density at radius 2 is 1.31 bits per heavy atom. The van der Waals surface area contributed by atoms with Crippen molar-refractivity contribution in [3.05, 3.63) is 48.0 Å². The number of rotatable bonds is 10. The van der Waals surface area contributed by atoms with Gasteiger partial charge in [-0.15, -0.1) is 0 Å². The normalized spacial score (nSPS) is 21.3. The minimum absolute atomic E-state index is 0.0167. The van der Waals surface area contributed by atoms with Crippen LogP contribution in [0.1, 0.15) is 70.3 Å². The van der Waals surface area contributed by atoms with E-state index in [4.69, 9.17) is 9.47 Å². The highest BCUT2D eigenvalue weighted by Gasteiger charge is 2.37. The van der Waals surface area contributed by atoms with Gasteiger partial charge in [-0.3, -0.25) is 0 Å². The summed E-state index contributed by atoms with van der Waals surface area (Å²) in [6.45, 7) is 2.29. The van der Waals surface area contributed by atoms with Crippen LogP contribution in [0.3, 0.4) is 0 Å². The van der Waals surface area contributed by atoms with Gasteiger partial charge in [-0.2, -0.15) is 8.61 Å². The van der Waals surface area contributed by atoms with Gasteiger partial charge in [0, 0.05) is 25.7 Å². The quantitative estimate of drug-likeness (QED) is 0.373. The second kappa shape index (κ2) is 12.6. The molecule has 2 saturated carbocycles. The molecule has 0 unspecified atom stereocenters. The summed E-state index contributed by atoms with van der Waals surface area (Å²) in [6.07, 6.45) is 8.70. The Morgan fingerprint density at radius 3 is 1.90 bits per heavy atom. The van der Waals surface area contributed by atoms with E-state index >= 15 is 0 Å². The maximum Gasteiger partial charge on any atom is 0.243 e. The lowest BCUT2D eigenvalue weighted by Gasteiger charge is -2.38. The first kappa shape index (κ1) is 29.8. The number of hydrogen-bond acceptors (Lipinski definition) is 6. The molecule has 39 heavy (non-hydrogen) atoms. The van der Waals surface area contributed by atoms with Gasteiger partial charge in [-0.25, -0.2) is 16.8 Å². The number of nitrogens with zero attached hydrogens (tertiary/aromatic N) is 2. The molecule has 2 atom stereocenters. The highest BCUT2D eigenvalue weighted by molar-refractivity contribution is 7.89. The molecule has 0 amide bonds. The Labute approximate surface area is 234 Å². The number of methoxy groups -OCH3 is 2. The van der Waals surface area contributed by atoms with E-state index in [1.165, 1.54) is 28.6 Å². The van der Waals surface area contributed by atoms with Crippen molar-refractivity contribution in [1.82, 2.24) is 8.61 Å². The van der Waals surface area contributed by atoms with E-state index in [0.29, 0.717) is 11.5 Å². The highest BCUT2D eigenvalue weighted by Crippen LogP contribution is 2.35. The molecule has 2 aromatic carbocycles. The van der Waals surface area contributed by atoms with E-state index in [9.17, 15) is 16.8 Å². The molecule has 0 heterocycles. The first-order valence-electron chi connectivity index (χ1n) is 13.9. The Bertz CT molecular complexity index is 1320. The van der Waals surface area contributed by atoms with Gasteiger partial charge in [0.25, 0.3) is 0 Å². The zero-order valence-corrected chi connectivity index (χ0v) is 25.1. The second-order valence-electron chi connectivity index (χ2n) is 10.9.